The standard InChI is InChI=1S/C17H23N3O5/c1-25-8-6-17(16(23)24)5-2-7-20(10-17)15(22)12-9-18-13(11-3-4-11)19-14(12)21/h9,11H,2-8,10H2,1H3,(H,23,24)(H,18,19,21). The highest BCUT2D eigenvalue weighted by Crippen LogP contribution is 2.37. The number of amides is 1. The van der Waals surface area contributed by atoms with Crippen LogP contribution < -0.4 is 5.56 Å². The largest absolute Gasteiger partial charge is 0.481 e. The first-order chi connectivity index (χ1) is 12.0. The average molecular weight is 349 g/mol. The Hall–Kier alpha value is -2.22. The number of carbonyl (C=O) groups excluding carboxylic acids is 1. The van der Waals surface area contributed by atoms with E-state index in [0.29, 0.717) is 44.2 Å². The van der Waals surface area contributed by atoms with Crippen LogP contribution in [-0.2, 0) is 9.53 Å². The summed E-state index contributed by atoms with van der Waals surface area (Å²) in [6.07, 6.45) is 4.72. The van der Waals surface area contributed by atoms with E-state index in [1.165, 1.54) is 18.2 Å². The Kier molecular flexibility index (Phi) is 4.89. The molecular weight excluding hydrogens is 326 g/mol. The highest BCUT2D eigenvalue weighted by Gasteiger charge is 2.43. The fourth-order valence-electron chi connectivity index (χ4n) is 3.38. The number of likely N-dealkylation sites (tertiary alicyclic amines) is 1. The van der Waals surface area contributed by atoms with Crippen LogP contribution in [0.3, 0.4) is 0 Å². The number of piperidine rings is 1. The van der Waals surface area contributed by atoms with Gasteiger partial charge in [0, 0.05) is 38.9 Å². The lowest BCUT2D eigenvalue weighted by Gasteiger charge is -2.39. The van der Waals surface area contributed by atoms with Gasteiger partial charge in [0.2, 0.25) is 0 Å². The molecule has 1 amide bonds. The second kappa shape index (κ2) is 6.95. The predicted octanol–water partition coefficient (Wildman–Crippen LogP) is 0.991. The third-order valence-corrected chi connectivity index (χ3v) is 5.12. The molecule has 1 unspecified atom stereocenters. The number of carboxylic acids is 1. The van der Waals surface area contributed by atoms with Crippen LogP contribution in [0, 0.1) is 5.41 Å². The fraction of sp³-hybridized carbons (Fsp3) is 0.647. The van der Waals surface area contributed by atoms with Crippen LogP contribution in [-0.4, -0.2) is 58.7 Å². The van der Waals surface area contributed by atoms with Crippen LogP contribution in [0.2, 0.25) is 0 Å². The van der Waals surface area contributed by atoms with Crippen molar-refractivity contribution in [1.82, 2.24) is 14.9 Å². The lowest BCUT2D eigenvalue weighted by molar-refractivity contribution is -0.153. The molecule has 0 spiro atoms. The highest BCUT2D eigenvalue weighted by atomic mass is 16.5. The Morgan fingerprint density at radius 1 is 1.48 bits per heavy atom. The number of nitrogens with one attached hydrogen (secondary N) is 1. The fourth-order valence-corrected chi connectivity index (χ4v) is 3.38. The van der Waals surface area contributed by atoms with Crippen molar-refractivity contribution < 1.29 is 19.4 Å². The van der Waals surface area contributed by atoms with Gasteiger partial charge in [0.25, 0.3) is 11.5 Å². The molecule has 1 aromatic rings. The van der Waals surface area contributed by atoms with E-state index in [4.69, 9.17) is 4.74 Å². The van der Waals surface area contributed by atoms with Gasteiger partial charge in [0.1, 0.15) is 11.4 Å². The van der Waals surface area contributed by atoms with Crippen LogP contribution in [0.25, 0.3) is 0 Å². The minimum Gasteiger partial charge on any atom is -0.481 e. The van der Waals surface area contributed by atoms with Crippen molar-refractivity contribution in [2.75, 3.05) is 26.8 Å². The second-order valence-corrected chi connectivity index (χ2v) is 6.94. The summed E-state index contributed by atoms with van der Waals surface area (Å²) in [5, 5.41) is 9.67. The molecule has 136 valence electrons. The zero-order valence-corrected chi connectivity index (χ0v) is 14.3. The molecule has 0 aromatic carbocycles. The zero-order chi connectivity index (χ0) is 18.0. The van der Waals surface area contributed by atoms with E-state index >= 15 is 0 Å². The van der Waals surface area contributed by atoms with Crippen LogP contribution >= 0.6 is 0 Å². The molecule has 3 rings (SSSR count). The minimum absolute atomic E-state index is 0.0302. The Morgan fingerprint density at radius 3 is 2.84 bits per heavy atom. The minimum atomic E-state index is -1.03. The molecule has 8 nitrogen and oxygen atoms in total. The molecule has 2 aliphatic rings. The molecule has 1 aliphatic heterocycles. The van der Waals surface area contributed by atoms with Crippen LogP contribution in [0.15, 0.2) is 11.0 Å². The van der Waals surface area contributed by atoms with E-state index in [1.54, 1.807) is 0 Å². The van der Waals surface area contributed by atoms with Gasteiger partial charge in [-0.25, -0.2) is 4.98 Å². The van der Waals surface area contributed by atoms with Crippen molar-refractivity contribution in [2.24, 2.45) is 5.41 Å². The van der Waals surface area contributed by atoms with Crippen molar-refractivity contribution in [3.63, 3.8) is 0 Å². The van der Waals surface area contributed by atoms with Crippen molar-refractivity contribution in [3.05, 3.63) is 27.9 Å². The van der Waals surface area contributed by atoms with Crippen molar-refractivity contribution in [1.29, 1.82) is 0 Å². The zero-order valence-electron chi connectivity index (χ0n) is 14.3. The number of rotatable bonds is 6. The molecule has 25 heavy (non-hydrogen) atoms. The quantitative estimate of drug-likeness (QED) is 0.792. The summed E-state index contributed by atoms with van der Waals surface area (Å²) >= 11 is 0. The van der Waals surface area contributed by atoms with E-state index < -0.39 is 22.9 Å². The van der Waals surface area contributed by atoms with Crippen molar-refractivity contribution >= 4 is 11.9 Å². The molecule has 2 N–H and O–H groups in total. The SMILES string of the molecule is COCCC1(C(=O)O)CCCN(C(=O)c2cnc(C3CC3)[nH]c2=O)C1. The van der Waals surface area contributed by atoms with Gasteiger partial charge < -0.3 is 19.7 Å². The smallest absolute Gasteiger partial charge is 0.311 e. The van der Waals surface area contributed by atoms with Crippen molar-refractivity contribution in [3.8, 4) is 0 Å². The average Bonchev–Trinajstić information content (AvgIpc) is 3.44. The molecule has 1 aliphatic carbocycles. The number of carboxylic acid groups (broad SMARTS) is 1. The van der Waals surface area contributed by atoms with E-state index in [1.807, 2.05) is 0 Å². The van der Waals surface area contributed by atoms with E-state index in [9.17, 15) is 19.5 Å². The van der Waals surface area contributed by atoms with Crippen LogP contribution in [0.4, 0.5) is 0 Å². The summed E-state index contributed by atoms with van der Waals surface area (Å²) in [5.74, 6) is -0.474. The molecule has 0 radical (unpaired) electrons. The Balaban J connectivity index is 1.79. The Bertz CT molecular complexity index is 727. The Morgan fingerprint density at radius 2 is 2.24 bits per heavy atom. The molecule has 1 saturated heterocycles. The maximum absolute atomic E-state index is 12.7. The first-order valence-electron chi connectivity index (χ1n) is 8.58. The third kappa shape index (κ3) is 3.58. The number of carbonyl (C=O) groups is 2. The maximum atomic E-state index is 12.7. The summed E-state index contributed by atoms with van der Waals surface area (Å²) < 4.78 is 5.03. The van der Waals surface area contributed by atoms with Crippen LogP contribution in [0.1, 0.15) is 54.2 Å². The first-order valence-corrected chi connectivity index (χ1v) is 8.58. The number of hydrogen-bond acceptors (Lipinski definition) is 5. The van der Waals surface area contributed by atoms with E-state index in [2.05, 4.69) is 9.97 Å². The molecule has 1 saturated carbocycles. The van der Waals surface area contributed by atoms with Gasteiger partial charge in [0.15, 0.2) is 0 Å². The molecule has 0 bridgehead atoms. The predicted molar refractivity (Wildman–Crippen MR) is 88.5 cm³/mol. The summed E-state index contributed by atoms with van der Waals surface area (Å²) in [6, 6.07) is 0. The second-order valence-electron chi connectivity index (χ2n) is 6.94. The van der Waals surface area contributed by atoms with E-state index in [0.717, 1.165) is 12.8 Å². The van der Waals surface area contributed by atoms with Gasteiger partial charge in [-0.05, 0) is 32.1 Å². The number of aromatic amines is 1. The number of methoxy groups -OCH3 is 1. The van der Waals surface area contributed by atoms with Gasteiger partial charge in [0.05, 0.1) is 5.41 Å². The molecular formula is C17H23N3O5. The summed E-state index contributed by atoms with van der Waals surface area (Å²) in [7, 11) is 1.52. The summed E-state index contributed by atoms with van der Waals surface area (Å²) in [6.45, 7) is 0.825. The van der Waals surface area contributed by atoms with E-state index in [-0.39, 0.29) is 12.1 Å². The number of ether oxygens (including phenoxy) is 1. The highest BCUT2D eigenvalue weighted by molar-refractivity contribution is 5.94. The molecule has 1 aromatic heterocycles. The Labute approximate surface area is 145 Å². The maximum Gasteiger partial charge on any atom is 0.311 e. The van der Waals surface area contributed by atoms with Gasteiger partial charge in [-0.2, -0.15) is 0 Å². The van der Waals surface area contributed by atoms with Crippen molar-refractivity contribution in [2.45, 2.75) is 38.0 Å². The summed E-state index contributed by atoms with van der Waals surface area (Å²) in [4.78, 5) is 45.1. The molecule has 2 fully saturated rings. The topological polar surface area (TPSA) is 113 Å². The lowest BCUT2D eigenvalue weighted by atomic mass is 9.77. The monoisotopic (exact) mass is 349 g/mol. The first kappa shape index (κ1) is 17.6. The summed E-state index contributed by atoms with van der Waals surface area (Å²) in [5.41, 5.74) is -1.51. The number of aliphatic carboxylic acids is 1. The van der Waals surface area contributed by atoms with Gasteiger partial charge >= 0.3 is 5.97 Å². The molecule has 8 heteroatoms. The van der Waals surface area contributed by atoms with Gasteiger partial charge in [-0.3, -0.25) is 14.4 Å². The number of H-pyrrole nitrogens is 1. The normalized spacial score (nSPS) is 23.5. The van der Waals surface area contributed by atoms with Gasteiger partial charge in [-0.1, -0.05) is 0 Å². The third-order valence-electron chi connectivity index (χ3n) is 5.12. The molecule has 2 heterocycles. The van der Waals surface area contributed by atoms with Crippen LogP contribution in [0.5, 0.6) is 0 Å². The lowest BCUT2D eigenvalue weighted by Crippen LogP contribution is -2.51. The number of nitrogens with zero attached hydrogens (tertiary/aromatic N) is 2. The molecule has 1 atom stereocenters. The van der Waals surface area contributed by atoms with Gasteiger partial charge in [-0.15, -0.1) is 0 Å². The number of hydrogen-bond donors (Lipinski definition) is 2. The number of aromatic nitrogens is 2.